The van der Waals surface area contributed by atoms with Crippen molar-refractivity contribution in [1.82, 2.24) is 0 Å². The third kappa shape index (κ3) is 2.44. The van der Waals surface area contributed by atoms with Gasteiger partial charge in [0.25, 0.3) is 0 Å². The molecule has 102 valence electrons. The van der Waals surface area contributed by atoms with Crippen molar-refractivity contribution in [3.05, 3.63) is 34.9 Å². The predicted molar refractivity (Wildman–Crippen MR) is 81.8 cm³/mol. The normalized spacial score (nSPS) is 14.0. The van der Waals surface area contributed by atoms with Crippen LogP contribution in [-0.4, -0.2) is 19.9 Å². The quantitative estimate of drug-likeness (QED) is 0.783. The van der Waals surface area contributed by atoms with Gasteiger partial charge in [0.1, 0.15) is 0 Å². The van der Waals surface area contributed by atoms with E-state index in [1.807, 2.05) is 25.1 Å². The van der Waals surface area contributed by atoms with Gasteiger partial charge in [0, 0.05) is 30.9 Å². The number of hydrogen-bond acceptors (Lipinski definition) is 2. The van der Waals surface area contributed by atoms with E-state index in [9.17, 15) is 4.79 Å². The number of carbonyl (C=O) groups excluding carboxylic acids is 1. The molecule has 0 aromatic heterocycles. The van der Waals surface area contributed by atoms with Gasteiger partial charge in [0.05, 0.1) is 0 Å². The van der Waals surface area contributed by atoms with Crippen molar-refractivity contribution >= 4 is 17.0 Å². The van der Waals surface area contributed by atoms with Crippen LogP contribution in [0.15, 0.2) is 23.8 Å². The van der Waals surface area contributed by atoms with Crippen molar-refractivity contribution in [2.75, 3.05) is 19.0 Å². The minimum atomic E-state index is 0.254. The Labute approximate surface area is 116 Å². The van der Waals surface area contributed by atoms with E-state index < -0.39 is 0 Å². The number of ketones is 1. The summed E-state index contributed by atoms with van der Waals surface area (Å²) < 4.78 is 0. The van der Waals surface area contributed by atoms with E-state index in [0.29, 0.717) is 0 Å². The maximum Gasteiger partial charge on any atom is 0.189 e. The van der Waals surface area contributed by atoms with Crippen molar-refractivity contribution < 1.29 is 4.79 Å². The van der Waals surface area contributed by atoms with Gasteiger partial charge in [0.15, 0.2) is 5.78 Å². The molecule has 1 aliphatic carbocycles. The monoisotopic (exact) mass is 257 g/mol. The number of nitrogens with zero attached hydrogens (tertiary/aromatic N) is 1. The van der Waals surface area contributed by atoms with Gasteiger partial charge < -0.3 is 4.90 Å². The van der Waals surface area contributed by atoms with Crippen LogP contribution in [0, 0.1) is 0 Å². The summed E-state index contributed by atoms with van der Waals surface area (Å²) in [5.74, 6) is 0.254. The van der Waals surface area contributed by atoms with Crippen LogP contribution in [0.4, 0.5) is 5.69 Å². The largest absolute Gasteiger partial charge is 0.378 e. The molecule has 19 heavy (non-hydrogen) atoms. The van der Waals surface area contributed by atoms with E-state index in [-0.39, 0.29) is 5.78 Å². The van der Waals surface area contributed by atoms with Crippen LogP contribution in [0.3, 0.4) is 0 Å². The Morgan fingerprint density at radius 2 is 1.58 bits per heavy atom. The molecule has 0 heterocycles. The van der Waals surface area contributed by atoms with Gasteiger partial charge in [-0.05, 0) is 36.1 Å². The third-order valence-electron chi connectivity index (χ3n) is 3.73. The average Bonchev–Trinajstić information content (AvgIpc) is 2.65. The molecule has 0 fully saturated rings. The molecule has 0 aliphatic heterocycles. The van der Waals surface area contributed by atoms with Gasteiger partial charge >= 0.3 is 0 Å². The van der Waals surface area contributed by atoms with Crippen LogP contribution in [-0.2, 0) is 0 Å². The lowest BCUT2D eigenvalue weighted by atomic mass is 9.99. The highest BCUT2D eigenvalue weighted by Gasteiger charge is 2.28. The van der Waals surface area contributed by atoms with Crippen LogP contribution < -0.4 is 4.90 Å². The second kappa shape index (κ2) is 5.60. The zero-order chi connectivity index (χ0) is 14.0. The Morgan fingerprint density at radius 3 is 2.16 bits per heavy atom. The molecule has 0 spiro atoms. The summed E-state index contributed by atoms with van der Waals surface area (Å²) in [4.78, 5) is 14.6. The lowest BCUT2D eigenvalue weighted by Gasteiger charge is -2.14. The Hall–Kier alpha value is -1.57. The van der Waals surface area contributed by atoms with E-state index in [2.05, 4.69) is 26.0 Å². The molecule has 1 aliphatic rings. The summed E-state index contributed by atoms with van der Waals surface area (Å²) >= 11 is 0. The van der Waals surface area contributed by atoms with Crippen molar-refractivity contribution in [3.63, 3.8) is 0 Å². The Kier molecular flexibility index (Phi) is 4.08. The summed E-state index contributed by atoms with van der Waals surface area (Å²) in [5, 5.41) is 0. The molecule has 0 amide bonds. The molecule has 2 rings (SSSR count). The molecular weight excluding hydrogens is 234 g/mol. The van der Waals surface area contributed by atoms with Gasteiger partial charge in [-0.2, -0.15) is 0 Å². The van der Waals surface area contributed by atoms with Crippen molar-refractivity contribution in [2.45, 2.75) is 39.5 Å². The number of allylic oxidation sites excluding steroid dienone is 2. The highest BCUT2D eigenvalue weighted by Crippen LogP contribution is 2.39. The number of rotatable bonds is 5. The molecule has 2 heteroatoms. The number of benzene rings is 1. The molecule has 0 unspecified atom stereocenters. The van der Waals surface area contributed by atoms with Gasteiger partial charge in [-0.3, -0.25) is 4.79 Å². The van der Waals surface area contributed by atoms with Crippen molar-refractivity contribution in [3.8, 4) is 0 Å². The first-order valence-electron chi connectivity index (χ1n) is 7.18. The summed E-state index contributed by atoms with van der Waals surface area (Å²) in [6, 6.07) is 6.27. The molecule has 0 radical (unpaired) electrons. The second-order valence-corrected chi connectivity index (χ2v) is 5.41. The van der Waals surface area contributed by atoms with E-state index in [4.69, 9.17) is 0 Å². The van der Waals surface area contributed by atoms with Gasteiger partial charge in [-0.15, -0.1) is 0 Å². The highest BCUT2D eigenvalue weighted by molar-refractivity contribution is 6.21. The first-order chi connectivity index (χ1) is 9.10. The van der Waals surface area contributed by atoms with Crippen LogP contribution in [0.25, 0.3) is 5.57 Å². The van der Waals surface area contributed by atoms with Crippen LogP contribution in [0.1, 0.15) is 55.5 Å². The third-order valence-corrected chi connectivity index (χ3v) is 3.73. The van der Waals surface area contributed by atoms with Crippen molar-refractivity contribution in [1.29, 1.82) is 0 Å². The molecule has 0 saturated carbocycles. The number of fused-ring (bicyclic) bond motifs is 1. The molecule has 1 aromatic carbocycles. The smallest absolute Gasteiger partial charge is 0.189 e. The molecule has 0 atom stereocenters. The maximum absolute atomic E-state index is 12.6. The molecule has 2 nitrogen and oxygen atoms in total. The van der Waals surface area contributed by atoms with Crippen LogP contribution >= 0.6 is 0 Å². The Bertz CT molecular complexity index is 526. The minimum absolute atomic E-state index is 0.254. The average molecular weight is 257 g/mol. The molecular formula is C17H23NO. The van der Waals surface area contributed by atoms with E-state index >= 15 is 0 Å². The van der Waals surface area contributed by atoms with Gasteiger partial charge in [0.2, 0.25) is 0 Å². The fraction of sp³-hybridized carbons (Fsp3) is 0.471. The lowest BCUT2D eigenvalue weighted by Crippen LogP contribution is -2.09. The fourth-order valence-electron chi connectivity index (χ4n) is 2.77. The zero-order valence-corrected chi connectivity index (χ0v) is 12.4. The van der Waals surface area contributed by atoms with E-state index in [1.54, 1.807) is 0 Å². The topological polar surface area (TPSA) is 20.3 Å². The SMILES string of the molecule is CCCC1=C(CCC)c2ccc(N(C)C)cc2C1=O. The Morgan fingerprint density at radius 1 is 0.947 bits per heavy atom. The second-order valence-electron chi connectivity index (χ2n) is 5.41. The fourth-order valence-corrected chi connectivity index (χ4v) is 2.77. The maximum atomic E-state index is 12.6. The van der Waals surface area contributed by atoms with Crippen LogP contribution in [0.5, 0.6) is 0 Å². The van der Waals surface area contributed by atoms with Gasteiger partial charge in [-0.25, -0.2) is 0 Å². The number of anilines is 1. The highest BCUT2D eigenvalue weighted by atomic mass is 16.1. The summed E-state index contributed by atoms with van der Waals surface area (Å²) in [6.45, 7) is 4.31. The minimum Gasteiger partial charge on any atom is -0.378 e. The van der Waals surface area contributed by atoms with E-state index in [1.165, 1.54) is 11.1 Å². The first-order valence-corrected chi connectivity index (χ1v) is 7.18. The van der Waals surface area contributed by atoms with E-state index in [0.717, 1.165) is 42.5 Å². The summed E-state index contributed by atoms with van der Waals surface area (Å²) in [5.41, 5.74) is 5.50. The molecule has 0 N–H and O–H groups in total. The molecule has 0 saturated heterocycles. The molecule has 1 aromatic rings. The number of carbonyl (C=O) groups is 1. The lowest BCUT2D eigenvalue weighted by molar-refractivity contribution is 0.103. The van der Waals surface area contributed by atoms with Gasteiger partial charge in [-0.1, -0.05) is 32.8 Å². The number of hydrogen-bond donors (Lipinski definition) is 0. The predicted octanol–water partition coefficient (Wildman–Crippen LogP) is 4.30. The summed E-state index contributed by atoms with van der Waals surface area (Å²) in [7, 11) is 4.02. The standard InChI is InChI=1S/C17H23NO/c1-5-7-13-14-10-9-12(18(3)4)11-16(14)17(19)15(13)8-6-2/h9-11H,5-8H2,1-4H3. The first kappa shape index (κ1) is 13.9. The zero-order valence-electron chi connectivity index (χ0n) is 12.4. The van der Waals surface area contributed by atoms with Crippen LogP contribution in [0.2, 0.25) is 0 Å². The van der Waals surface area contributed by atoms with Crippen molar-refractivity contribution in [2.24, 2.45) is 0 Å². The Balaban J connectivity index is 2.49. The number of Topliss-reactive ketones (excluding diaryl/α,β-unsaturated/α-hetero) is 1. The molecule has 0 bridgehead atoms. The summed E-state index contributed by atoms with van der Waals surface area (Å²) in [6.07, 6.45) is 4.03.